The normalized spacial score (nSPS) is 12.8. The molecule has 0 aromatic heterocycles. The second-order valence-electron chi connectivity index (χ2n) is 10.0. The maximum atomic E-state index is 13.5. The number of hydrogen-bond acceptors (Lipinski definition) is 3. The highest BCUT2D eigenvalue weighted by atomic mass is 16.3. The predicted octanol–water partition coefficient (Wildman–Crippen LogP) is 5.86. The Hall–Kier alpha value is -3.96. The highest BCUT2D eigenvalue weighted by Crippen LogP contribution is 2.22. The van der Waals surface area contributed by atoms with Gasteiger partial charge in [-0.3, -0.25) is 9.59 Å². The molecule has 38 heavy (non-hydrogen) atoms. The van der Waals surface area contributed by atoms with Crippen LogP contribution in [0.4, 0.5) is 0 Å². The molecule has 0 heterocycles. The van der Waals surface area contributed by atoms with Crippen LogP contribution < -0.4 is 5.32 Å². The van der Waals surface area contributed by atoms with E-state index in [4.69, 9.17) is 0 Å². The second-order valence-corrected chi connectivity index (χ2v) is 10.0. The highest BCUT2D eigenvalue weighted by Gasteiger charge is 2.25. The maximum Gasteiger partial charge on any atom is 0.252 e. The molecule has 2 atom stereocenters. The van der Waals surface area contributed by atoms with E-state index in [-0.39, 0.29) is 17.9 Å². The molecule has 0 aliphatic rings. The zero-order valence-electron chi connectivity index (χ0n) is 22.3. The van der Waals surface area contributed by atoms with Crippen LogP contribution in [0.2, 0.25) is 0 Å². The largest absolute Gasteiger partial charge is 0.391 e. The molecular weight excluding hydrogens is 472 g/mol. The molecular formula is C33H36N2O3. The van der Waals surface area contributed by atoms with Gasteiger partial charge in [0.15, 0.2) is 0 Å². The number of benzene rings is 4. The Bertz CT molecular complexity index is 1360. The molecule has 4 aromatic carbocycles. The van der Waals surface area contributed by atoms with Crippen LogP contribution in [0.3, 0.4) is 0 Å². The van der Waals surface area contributed by atoms with E-state index in [9.17, 15) is 14.7 Å². The summed E-state index contributed by atoms with van der Waals surface area (Å²) in [5, 5.41) is 16.2. The van der Waals surface area contributed by atoms with Crippen LogP contribution in [-0.4, -0.2) is 46.6 Å². The van der Waals surface area contributed by atoms with Crippen molar-refractivity contribution in [3.63, 3.8) is 0 Å². The zero-order valence-corrected chi connectivity index (χ0v) is 22.3. The van der Waals surface area contributed by atoms with Crippen molar-refractivity contribution in [1.82, 2.24) is 10.2 Å². The van der Waals surface area contributed by atoms with Crippen molar-refractivity contribution in [1.29, 1.82) is 0 Å². The standard InChI is InChI=1S/C33H36N2O3/c1-23(2)35(24(3)36)21-20-32(37)31(22-25-16-18-27(19-17-25)26-10-5-4-6-11-26)34-33(38)30-15-9-13-28-12-7-8-14-29(28)30/h4-19,23,31-32,37H,20-22H2,1-3H3,(H,34,38)/t31-,32?/m0/s1. The van der Waals surface area contributed by atoms with Crippen molar-refractivity contribution in [2.45, 2.75) is 51.8 Å². The summed E-state index contributed by atoms with van der Waals surface area (Å²) in [5.74, 6) is -0.251. The number of carbonyl (C=O) groups excluding carboxylic acids is 2. The first-order valence-corrected chi connectivity index (χ1v) is 13.2. The molecule has 5 nitrogen and oxygen atoms in total. The third-order valence-electron chi connectivity index (χ3n) is 7.03. The number of nitrogens with one attached hydrogen (secondary N) is 1. The van der Waals surface area contributed by atoms with E-state index in [1.807, 2.05) is 86.6 Å². The smallest absolute Gasteiger partial charge is 0.252 e. The number of aliphatic hydroxyl groups is 1. The summed E-state index contributed by atoms with van der Waals surface area (Å²) in [6.07, 6.45) is -0.00204. The summed E-state index contributed by atoms with van der Waals surface area (Å²) in [7, 11) is 0. The zero-order chi connectivity index (χ0) is 27.1. The number of amides is 2. The van der Waals surface area contributed by atoms with E-state index >= 15 is 0 Å². The summed E-state index contributed by atoms with van der Waals surface area (Å²) in [6, 6.07) is 31.3. The minimum absolute atomic E-state index is 0.0277. The number of nitrogens with zero attached hydrogens (tertiary/aromatic N) is 1. The van der Waals surface area contributed by atoms with Crippen molar-refractivity contribution in [3.8, 4) is 11.1 Å². The predicted molar refractivity (Wildman–Crippen MR) is 154 cm³/mol. The Morgan fingerprint density at radius 3 is 2.13 bits per heavy atom. The molecule has 4 rings (SSSR count). The molecule has 2 N–H and O–H groups in total. The number of rotatable bonds is 10. The van der Waals surface area contributed by atoms with Gasteiger partial charge in [0.1, 0.15) is 0 Å². The summed E-state index contributed by atoms with van der Waals surface area (Å²) in [4.78, 5) is 27.3. The van der Waals surface area contributed by atoms with E-state index < -0.39 is 12.1 Å². The minimum atomic E-state index is -0.830. The quantitative estimate of drug-likeness (QED) is 0.282. The lowest BCUT2D eigenvalue weighted by Gasteiger charge is -2.29. The lowest BCUT2D eigenvalue weighted by molar-refractivity contribution is -0.130. The van der Waals surface area contributed by atoms with Gasteiger partial charge in [-0.2, -0.15) is 0 Å². The Morgan fingerprint density at radius 2 is 1.45 bits per heavy atom. The van der Waals surface area contributed by atoms with Crippen LogP contribution in [0, 0.1) is 0 Å². The van der Waals surface area contributed by atoms with Gasteiger partial charge in [0.05, 0.1) is 12.1 Å². The van der Waals surface area contributed by atoms with Gasteiger partial charge in [0.25, 0.3) is 5.91 Å². The lowest BCUT2D eigenvalue weighted by Crippen LogP contribution is -2.47. The average molecular weight is 509 g/mol. The number of carbonyl (C=O) groups is 2. The van der Waals surface area contributed by atoms with Crippen molar-refractivity contribution >= 4 is 22.6 Å². The minimum Gasteiger partial charge on any atom is -0.391 e. The van der Waals surface area contributed by atoms with Crippen molar-refractivity contribution in [3.05, 3.63) is 108 Å². The fourth-order valence-corrected chi connectivity index (χ4v) is 4.92. The van der Waals surface area contributed by atoms with Gasteiger partial charge >= 0.3 is 0 Å². The molecule has 0 bridgehead atoms. The molecule has 0 aliphatic carbocycles. The lowest BCUT2D eigenvalue weighted by atomic mass is 9.96. The third kappa shape index (κ3) is 6.67. The molecule has 5 heteroatoms. The number of fused-ring (bicyclic) bond motifs is 1. The Labute approximate surface area is 225 Å². The maximum absolute atomic E-state index is 13.5. The van der Waals surface area contributed by atoms with Crippen molar-refractivity contribution < 1.29 is 14.7 Å². The van der Waals surface area contributed by atoms with Gasteiger partial charge in [0.2, 0.25) is 5.91 Å². The van der Waals surface area contributed by atoms with Crippen LogP contribution in [0.15, 0.2) is 97.1 Å². The van der Waals surface area contributed by atoms with Gasteiger partial charge in [-0.25, -0.2) is 0 Å². The fourth-order valence-electron chi connectivity index (χ4n) is 4.92. The first kappa shape index (κ1) is 27.1. The molecule has 196 valence electrons. The van der Waals surface area contributed by atoms with Gasteiger partial charge < -0.3 is 15.3 Å². The first-order valence-electron chi connectivity index (χ1n) is 13.2. The summed E-state index contributed by atoms with van der Waals surface area (Å²) in [6.45, 7) is 5.88. The van der Waals surface area contributed by atoms with Crippen LogP contribution in [0.1, 0.15) is 43.1 Å². The van der Waals surface area contributed by atoms with Gasteiger partial charge in [-0.1, -0.05) is 91.0 Å². The Morgan fingerprint density at radius 1 is 0.816 bits per heavy atom. The molecule has 0 radical (unpaired) electrons. The second kappa shape index (κ2) is 12.5. The Kier molecular flexibility index (Phi) is 8.93. The molecule has 0 saturated carbocycles. The van der Waals surface area contributed by atoms with Gasteiger partial charge in [-0.05, 0) is 60.2 Å². The Balaban J connectivity index is 1.56. The van der Waals surface area contributed by atoms with Gasteiger partial charge in [0, 0.05) is 25.1 Å². The number of hydrogen-bond donors (Lipinski definition) is 2. The molecule has 0 aliphatic heterocycles. The van der Waals surface area contributed by atoms with Crippen LogP contribution >= 0.6 is 0 Å². The topological polar surface area (TPSA) is 69.6 Å². The van der Waals surface area contributed by atoms with Crippen LogP contribution in [-0.2, 0) is 11.2 Å². The molecule has 0 saturated heterocycles. The molecule has 4 aromatic rings. The van der Waals surface area contributed by atoms with Gasteiger partial charge in [-0.15, -0.1) is 0 Å². The van der Waals surface area contributed by atoms with Crippen molar-refractivity contribution in [2.75, 3.05) is 6.54 Å². The summed E-state index contributed by atoms with van der Waals surface area (Å²) < 4.78 is 0. The molecule has 2 amide bonds. The molecule has 0 fully saturated rings. The third-order valence-corrected chi connectivity index (χ3v) is 7.03. The monoisotopic (exact) mass is 508 g/mol. The summed E-state index contributed by atoms with van der Waals surface area (Å²) >= 11 is 0. The number of aliphatic hydroxyl groups excluding tert-OH is 1. The first-order chi connectivity index (χ1) is 18.3. The van der Waals surface area contributed by atoms with Crippen LogP contribution in [0.5, 0.6) is 0 Å². The van der Waals surface area contributed by atoms with E-state index in [2.05, 4.69) is 29.6 Å². The van der Waals surface area contributed by atoms with E-state index in [1.165, 1.54) is 0 Å². The fraction of sp³-hybridized carbons (Fsp3) is 0.273. The molecule has 1 unspecified atom stereocenters. The summed E-state index contributed by atoms with van der Waals surface area (Å²) in [5.41, 5.74) is 3.84. The van der Waals surface area contributed by atoms with E-state index in [0.717, 1.165) is 27.5 Å². The molecule has 0 spiro atoms. The van der Waals surface area contributed by atoms with E-state index in [1.54, 1.807) is 11.8 Å². The van der Waals surface area contributed by atoms with Crippen LogP contribution in [0.25, 0.3) is 21.9 Å². The SMILES string of the molecule is CC(=O)N(CCC(O)[C@H](Cc1ccc(-c2ccccc2)cc1)NC(=O)c1cccc2ccccc12)C(C)C. The highest BCUT2D eigenvalue weighted by molar-refractivity contribution is 6.07. The average Bonchev–Trinajstić information content (AvgIpc) is 2.92. The van der Waals surface area contributed by atoms with E-state index in [0.29, 0.717) is 24.9 Å². The van der Waals surface area contributed by atoms with Crippen molar-refractivity contribution in [2.24, 2.45) is 0 Å².